The molecule has 18 heavy (non-hydrogen) atoms. The van der Waals surface area contributed by atoms with Gasteiger partial charge in [-0.1, -0.05) is 0 Å². The molecule has 1 saturated heterocycles. The van der Waals surface area contributed by atoms with E-state index in [4.69, 9.17) is 11.5 Å². The molecule has 0 spiro atoms. The Morgan fingerprint density at radius 3 is 2.72 bits per heavy atom. The number of hydrogen-bond acceptors (Lipinski definition) is 4. The first kappa shape index (κ1) is 13.0. The Morgan fingerprint density at radius 1 is 1.33 bits per heavy atom. The van der Waals surface area contributed by atoms with E-state index in [1.807, 2.05) is 18.2 Å². The van der Waals surface area contributed by atoms with Crippen LogP contribution in [0.4, 0.5) is 17.1 Å². The van der Waals surface area contributed by atoms with Gasteiger partial charge in [-0.25, -0.2) is 0 Å². The highest BCUT2D eigenvalue weighted by molar-refractivity contribution is 5.69. The van der Waals surface area contributed by atoms with Crippen LogP contribution in [0.25, 0.3) is 0 Å². The smallest absolute Gasteiger partial charge is 0.0568 e. The van der Waals surface area contributed by atoms with Crippen LogP contribution < -0.4 is 16.8 Å². The topological polar surface area (TPSA) is 67.3 Å². The van der Waals surface area contributed by atoms with Crippen LogP contribution in [0.15, 0.2) is 18.2 Å². The van der Waals surface area contributed by atoms with E-state index in [0.717, 1.165) is 18.2 Å². The number of nitrogens with zero attached hydrogens (tertiary/aromatic N) is 1. The molecule has 2 rings (SSSR count). The second kappa shape index (κ2) is 5.48. The molecular weight excluding hydrogens is 224 g/mol. The molecule has 0 bridgehead atoms. The summed E-state index contributed by atoms with van der Waals surface area (Å²) in [6.07, 6.45) is 1.27. The second-order valence-corrected chi connectivity index (χ2v) is 5.47. The van der Waals surface area contributed by atoms with Crippen molar-refractivity contribution in [3.63, 3.8) is 0 Å². The molecule has 1 fully saturated rings. The van der Waals surface area contributed by atoms with E-state index in [0.29, 0.717) is 17.4 Å². The Morgan fingerprint density at radius 2 is 2.11 bits per heavy atom. The molecule has 100 valence electrons. The Kier molecular flexibility index (Phi) is 3.97. The van der Waals surface area contributed by atoms with E-state index in [1.54, 1.807) is 0 Å². The highest BCUT2D eigenvalue weighted by Gasteiger charge is 2.23. The number of nitrogens with two attached hydrogens (primary N) is 2. The van der Waals surface area contributed by atoms with E-state index >= 15 is 0 Å². The van der Waals surface area contributed by atoms with Crippen LogP contribution in [0.5, 0.6) is 0 Å². The fraction of sp³-hybridized carbons (Fsp3) is 0.571. The van der Waals surface area contributed by atoms with Crippen LogP contribution in [0.2, 0.25) is 0 Å². The lowest BCUT2D eigenvalue weighted by atomic mass is 10.1. The summed E-state index contributed by atoms with van der Waals surface area (Å²) < 4.78 is 0. The van der Waals surface area contributed by atoms with Crippen LogP contribution in [-0.4, -0.2) is 30.6 Å². The second-order valence-electron chi connectivity index (χ2n) is 5.47. The van der Waals surface area contributed by atoms with Crippen molar-refractivity contribution >= 4 is 17.1 Å². The first-order valence-corrected chi connectivity index (χ1v) is 6.69. The van der Waals surface area contributed by atoms with Gasteiger partial charge in [0.1, 0.15) is 0 Å². The average Bonchev–Trinajstić information content (AvgIpc) is 2.79. The molecule has 0 aliphatic carbocycles. The van der Waals surface area contributed by atoms with Crippen molar-refractivity contribution in [2.45, 2.75) is 26.3 Å². The number of nitrogen functional groups attached to an aromatic ring is 2. The maximum atomic E-state index is 5.79. The van der Waals surface area contributed by atoms with Crippen molar-refractivity contribution in [2.75, 3.05) is 36.4 Å². The lowest BCUT2D eigenvalue weighted by Gasteiger charge is -2.20. The zero-order valence-corrected chi connectivity index (χ0v) is 11.3. The van der Waals surface area contributed by atoms with Crippen LogP contribution >= 0.6 is 0 Å². The summed E-state index contributed by atoms with van der Waals surface area (Å²) in [4.78, 5) is 2.53. The third-order valence-corrected chi connectivity index (χ3v) is 3.73. The quantitative estimate of drug-likeness (QED) is 0.713. The standard InChI is InChI=1S/C14H24N4/c1-10(2)18-6-5-11(9-18)8-17-12-3-4-13(15)14(16)7-12/h3-4,7,10-11,17H,5-6,8-9,15-16H2,1-2H3. The molecule has 5 N–H and O–H groups in total. The minimum absolute atomic E-state index is 0.646. The van der Waals surface area contributed by atoms with Gasteiger partial charge in [-0.2, -0.15) is 0 Å². The zero-order valence-electron chi connectivity index (χ0n) is 11.3. The first-order chi connectivity index (χ1) is 8.56. The Bertz CT molecular complexity index is 403. The number of rotatable bonds is 4. The van der Waals surface area contributed by atoms with Crippen LogP contribution in [-0.2, 0) is 0 Å². The molecule has 1 heterocycles. The number of likely N-dealkylation sites (tertiary alicyclic amines) is 1. The van der Waals surface area contributed by atoms with Gasteiger partial charge in [-0.3, -0.25) is 0 Å². The molecule has 1 unspecified atom stereocenters. The Hall–Kier alpha value is -1.42. The molecule has 1 atom stereocenters. The van der Waals surface area contributed by atoms with Crippen molar-refractivity contribution in [1.82, 2.24) is 4.90 Å². The normalized spacial score (nSPS) is 20.5. The third kappa shape index (κ3) is 3.07. The average molecular weight is 248 g/mol. The van der Waals surface area contributed by atoms with Gasteiger partial charge in [0, 0.05) is 24.8 Å². The SMILES string of the molecule is CC(C)N1CCC(CNc2ccc(N)c(N)c2)C1. The Balaban J connectivity index is 1.83. The summed E-state index contributed by atoms with van der Waals surface area (Å²) in [5.74, 6) is 0.728. The van der Waals surface area contributed by atoms with E-state index in [2.05, 4.69) is 24.1 Å². The van der Waals surface area contributed by atoms with E-state index < -0.39 is 0 Å². The van der Waals surface area contributed by atoms with Crippen molar-refractivity contribution in [1.29, 1.82) is 0 Å². The van der Waals surface area contributed by atoms with E-state index in [9.17, 15) is 0 Å². The van der Waals surface area contributed by atoms with E-state index in [-0.39, 0.29) is 0 Å². The lowest BCUT2D eigenvalue weighted by molar-refractivity contribution is 0.266. The van der Waals surface area contributed by atoms with Gasteiger partial charge in [0.2, 0.25) is 0 Å². The number of benzene rings is 1. The predicted molar refractivity (Wildman–Crippen MR) is 78.6 cm³/mol. The maximum absolute atomic E-state index is 5.79. The molecule has 1 aliphatic heterocycles. The number of hydrogen-bond donors (Lipinski definition) is 3. The number of anilines is 3. The minimum atomic E-state index is 0.646. The summed E-state index contributed by atoms with van der Waals surface area (Å²) in [5, 5.41) is 3.45. The van der Waals surface area contributed by atoms with Gasteiger partial charge in [0.15, 0.2) is 0 Å². The number of nitrogens with one attached hydrogen (secondary N) is 1. The predicted octanol–water partition coefficient (Wildman–Crippen LogP) is 1.99. The highest BCUT2D eigenvalue weighted by Crippen LogP contribution is 2.22. The van der Waals surface area contributed by atoms with Gasteiger partial charge < -0.3 is 21.7 Å². The first-order valence-electron chi connectivity index (χ1n) is 6.69. The van der Waals surface area contributed by atoms with Crippen molar-refractivity contribution in [2.24, 2.45) is 5.92 Å². The van der Waals surface area contributed by atoms with Gasteiger partial charge in [-0.15, -0.1) is 0 Å². The molecule has 1 aromatic rings. The lowest BCUT2D eigenvalue weighted by Crippen LogP contribution is -2.29. The summed E-state index contributed by atoms with van der Waals surface area (Å²) in [7, 11) is 0. The molecule has 0 radical (unpaired) electrons. The molecule has 0 aromatic heterocycles. The summed E-state index contributed by atoms with van der Waals surface area (Å²) in [6, 6.07) is 6.40. The van der Waals surface area contributed by atoms with Gasteiger partial charge in [0.25, 0.3) is 0 Å². The highest BCUT2D eigenvalue weighted by atomic mass is 15.2. The maximum Gasteiger partial charge on any atom is 0.0568 e. The molecule has 1 aromatic carbocycles. The molecule has 0 saturated carbocycles. The van der Waals surface area contributed by atoms with Crippen LogP contribution in [0.1, 0.15) is 20.3 Å². The third-order valence-electron chi connectivity index (χ3n) is 3.73. The van der Waals surface area contributed by atoms with Crippen LogP contribution in [0.3, 0.4) is 0 Å². The largest absolute Gasteiger partial charge is 0.397 e. The molecule has 4 nitrogen and oxygen atoms in total. The van der Waals surface area contributed by atoms with Gasteiger partial charge in [-0.05, 0) is 50.9 Å². The molecule has 4 heteroatoms. The summed E-state index contributed by atoms with van der Waals surface area (Å²) in [5.41, 5.74) is 13.8. The van der Waals surface area contributed by atoms with Crippen molar-refractivity contribution in [3.05, 3.63) is 18.2 Å². The van der Waals surface area contributed by atoms with E-state index in [1.165, 1.54) is 19.5 Å². The van der Waals surface area contributed by atoms with Crippen molar-refractivity contribution < 1.29 is 0 Å². The van der Waals surface area contributed by atoms with Gasteiger partial charge >= 0.3 is 0 Å². The zero-order chi connectivity index (χ0) is 13.1. The van der Waals surface area contributed by atoms with Crippen LogP contribution in [0, 0.1) is 5.92 Å². The summed E-state index contributed by atoms with van der Waals surface area (Å²) >= 11 is 0. The Labute approximate surface area is 109 Å². The fourth-order valence-electron chi connectivity index (χ4n) is 2.45. The monoisotopic (exact) mass is 248 g/mol. The van der Waals surface area contributed by atoms with Gasteiger partial charge in [0.05, 0.1) is 11.4 Å². The summed E-state index contributed by atoms with van der Waals surface area (Å²) in [6.45, 7) is 7.93. The fourth-order valence-corrected chi connectivity index (χ4v) is 2.45. The molecule has 0 amide bonds. The van der Waals surface area contributed by atoms with Crippen molar-refractivity contribution in [3.8, 4) is 0 Å². The minimum Gasteiger partial charge on any atom is -0.397 e. The molecular formula is C14H24N4. The molecule has 1 aliphatic rings.